The molecule has 1 N–H and O–H groups in total. The predicted octanol–water partition coefficient (Wildman–Crippen LogP) is 7.47. The Morgan fingerprint density at radius 2 is 1.59 bits per heavy atom. The highest BCUT2D eigenvalue weighted by molar-refractivity contribution is 5.98. The van der Waals surface area contributed by atoms with E-state index in [-0.39, 0.29) is 36.4 Å². The Balaban J connectivity index is 1.72. The maximum Gasteiger partial charge on any atom is 0.428 e. The van der Waals surface area contributed by atoms with Gasteiger partial charge < -0.3 is 14.7 Å². The number of fused-ring (bicyclic) bond motifs is 1. The van der Waals surface area contributed by atoms with Crippen LogP contribution >= 0.6 is 0 Å². The van der Waals surface area contributed by atoms with Crippen LogP contribution in [0.2, 0.25) is 0 Å². The zero-order chi connectivity index (χ0) is 30.2. The first-order valence-electron chi connectivity index (χ1n) is 12.6. The summed E-state index contributed by atoms with van der Waals surface area (Å²) in [4.78, 5) is 15.1. The molecule has 41 heavy (non-hydrogen) atoms. The van der Waals surface area contributed by atoms with Gasteiger partial charge in [-0.3, -0.25) is 4.79 Å². The van der Waals surface area contributed by atoms with Crippen molar-refractivity contribution in [2.75, 3.05) is 11.4 Å². The molecular weight excluding hydrogens is 555 g/mol. The average molecular weight is 582 g/mol. The summed E-state index contributed by atoms with van der Waals surface area (Å²) in [6.45, 7) is 4.29. The third-order valence-corrected chi connectivity index (χ3v) is 7.13. The van der Waals surface area contributed by atoms with Crippen molar-refractivity contribution in [1.29, 1.82) is 0 Å². The van der Waals surface area contributed by atoms with E-state index in [0.29, 0.717) is 5.56 Å². The molecule has 1 unspecified atom stereocenters. The number of carbonyl (C=O) groups is 1. The van der Waals surface area contributed by atoms with Crippen LogP contribution in [0.15, 0.2) is 85.2 Å². The molecule has 1 aliphatic heterocycles. The minimum absolute atomic E-state index is 0.0602. The number of alkyl halides is 6. The Labute approximate surface area is 231 Å². The van der Waals surface area contributed by atoms with Crippen LogP contribution in [0.4, 0.5) is 36.4 Å². The molecule has 3 aromatic rings. The van der Waals surface area contributed by atoms with Gasteiger partial charge in [-0.1, -0.05) is 49.0 Å². The second-order valence-corrected chi connectivity index (χ2v) is 9.84. The number of ether oxygens (including phenoxy) is 1. The van der Waals surface area contributed by atoms with E-state index in [0.717, 1.165) is 36.4 Å². The van der Waals surface area contributed by atoms with E-state index in [9.17, 15) is 40.6 Å². The van der Waals surface area contributed by atoms with Crippen LogP contribution in [-0.4, -0.2) is 29.8 Å². The number of aryl methyl sites for hydroxylation is 1. The minimum Gasteiger partial charge on any atom is -0.489 e. The molecule has 0 spiro atoms. The Kier molecular flexibility index (Phi) is 8.22. The highest BCUT2D eigenvalue weighted by Crippen LogP contribution is 2.46. The smallest absolute Gasteiger partial charge is 0.428 e. The molecule has 0 saturated heterocycles. The summed E-state index contributed by atoms with van der Waals surface area (Å²) < 4.78 is 100. The molecule has 3 atom stereocenters. The number of hydrogen-bond donors (Lipinski definition) is 1. The van der Waals surface area contributed by atoms with Crippen molar-refractivity contribution in [2.45, 2.75) is 49.7 Å². The maximum absolute atomic E-state index is 14.0. The standard InChI is InChI=1S/C30H26F7NO3/c1-18(20-6-4-3-5-7-20)27(39)38-17-25(41-24-13-9-22(10-14-24)29(32,33)34)12-8-21-16-23(11-15-26(21)38)28(40,19(2)31)30(35,36)37/h3-7,9-11,13-16,18,25,40H,2,8,12,17H2,1H3/t18-,25-,28?/m0/s1. The van der Waals surface area contributed by atoms with Crippen molar-refractivity contribution in [3.63, 3.8) is 0 Å². The van der Waals surface area contributed by atoms with Crippen LogP contribution in [0.1, 0.15) is 41.5 Å². The van der Waals surface area contributed by atoms with Gasteiger partial charge in [-0.25, -0.2) is 4.39 Å². The largest absolute Gasteiger partial charge is 0.489 e. The van der Waals surface area contributed by atoms with Gasteiger partial charge in [0.15, 0.2) is 0 Å². The van der Waals surface area contributed by atoms with Gasteiger partial charge in [0.25, 0.3) is 0 Å². The molecule has 4 nitrogen and oxygen atoms in total. The number of benzene rings is 3. The summed E-state index contributed by atoms with van der Waals surface area (Å²) in [6, 6.07) is 15.9. The highest BCUT2D eigenvalue weighted by Gasteiger charge is 2.58. The third-order valence-electron chi connectivity index (χ3n) is 7.13. The van der Waals surface area contributed by atoms with Crippen LogP contribution in [0.25, 0.3) is 0 Å². The molecule has 0 saturated carbocycles. The molecule has 1 heterocycles. The fourth-order valence-corrected chi connectivity index (χ4v) is 4.80. The molecule has 4 rings (SSSR count). The molecule has 1 amide bonds. The minimum atomic E-state index is -5.41. The quantitative estimate of drug-likeness (QED) is 0.308. The average Bonchev–Trinajstić information content (AvgIpc) is 3.10. The zero-order valence-electron chi connectivity index (χ0n) is 21.8. The summed E-state index contributed by atoms with van der Waals surface area (Å²) in [5, 5.41) is 10.3. The lowest BCUT2D eigenvalue weighted by atomic mass is 9.89. The van der Waals surface area contributed by atoms with E-state index in [1.807, 2.05) is 0 Å². The van der Waals surface area contributed by atoms with Gasteiger partial charge in [-0.15, -0.1) is 0 Å². The number of halogens is 7. The first-order chi connectivity index (χ1) is 19.1. The lowest BCUT2D eigenvalue weighted by molar-refractivity contribution is -0.255. The molecule has 3 aromatic carbocycles. The fraction of sp³-hybridized carbons (Fsp3) is 0.300. The molecule has 0 aliphatic carbocycles. The second kappa shape index (κ2) is 11.2. The van der Waals surface area contributed by atoms with E-state index in [4.69, 9.17) is 4.74 Å². The van der Waals surface area contributed by atoms with Crippen LogP contribution in [0.5, 0.6) is 5.75 Å². The van der Waals surface area contributed by atoms with Crippen LogP contribution < -0.4 is 9.64 Å². The summed E-state index contributed by atoms with van der Waals surface area (Å²) in [6.07, 6.45) is -10.5. The van der Waals surface area contributed by atoms with Gasteiger partial charge in [0.1, 0.15) is 17.7 Å². The lowest BCUT2D eigenvalue weighted by Crippen LogP contribution is -2.43. The lowest BCUT2D eigenvalue weighted by Gasteiger charge is -2.31. The first-order valence-corrected chi connectivity index (χ1v) is 12.6. The summed E-state index contributed by atoms with van der Waals surface area (Å²) >= 11 is 0. The summed E-state index contributed by atoms with van der Waals surface area (Å²) in [5.74, 6) is -2.98. The van der Waals surface area contributed by atoms with Gasteiger partial charge in [0, 0.05) is 11.3 Å². The molecule has 11 heteroatoms. The summed E-state index contributed by atoms with van der Waals surface area (Å²) in [5.41, 5.74) is -4.49. The Morgan fingerprint density at radius 3 is 2.15 bits per heavy atom. The topological polar surface area (TPSA) is 49.8 Å². The predicted molar refractivity (Wildman–Crippen MR) is 138 cm³/mol. The zero-order valence-corrected chi connectivity index (χ0v) is 21.8. The number of rotatable bonds is 6. The molecule has 0 fully saturated rings. The van der Waals surface area contributed by atoms with Gasteiger partial charge in [-0.05, 0) is 61.2 Å². The van der Waals surface area contributed by atoms with Crippen LogP contribution in [0.3, 0.4) is 0 Å². The van der Waals surface area contributed by atoms with E-state index in [2.05, 4.69) is 6.58 Å². The van der Waals surface area contributed by atoms with Crippen LogP contribution in [-0.2, 0) is 23.0 Å². The van der Waals surface area contributed by atoms with Crippen molar-refractivity contribution in [2.24, 2.45) is 0 Å². The normalized spacial score (nSPS) is 18.1. The SMILES string of the molecule is C=C(F)C(O)(c1ccc2c(c1)CC[C@H](Oc1ccc(C(F)(F)F)cc1)CN2C(=O)[C@@H](C)c1ccccc1)C(F)(F)F. The number of amides is 1. The van der Waals surface area contributed by atoms with Gasteiger partial charge >= 0.3 is 12.4 Å². The number of carbonyl (C=O) groups excluding carboxylic acids is 1. The van der Waals surface area contributed by atoms with Crippen molar-refractivity contribution in [3.8, 4) is 5.75 Å². The van der Waals surface area contributed by atoms with Crippen molar-refractivity contribution in [1.82, 2.24) is 0 Å². The molecule has 0 radical (unpaired) electrons. The van der Waals surface area contributed by atoms with Crippen LogP contribution in [0, 0.1) is 0 Å². The molecule has 0 aromatic heterocycles. The molecule has 0 bridgehead atoms. The monoisotopic (exact) mass is 581 g/mol. The van der Waals surface area contributed by atoms with Crippen molar-refractivity contribution < 1.29 is 45.4 Å². The van der Waals surface area contributed by atoms with E-state index in [1.165, 1.54) is 11.0 Å². The Hall–Kier alpha value is -3.86. The van der Waals surface area contributed by atoms with Gasteiger partial charge in [0.05, 0.1) is 18.0 Å². The van der Waals surface area contributed by atoms with Gasteiger partial charge in [0.2, 0.25) is 11.5 Å². The van der Waals surface area contributed by atoms with Gasteiger partial charge in [-0.2, -0.15) is 26.3 Å². The maximum atomic E-state index is 14.0. The molecule has 218 valence electrons. The number of nitrogens with zero attached hydrogens (tertiary/aromatic N) is 1. The van der Waals surface area contributed by atoms with E-state index >= 15 is 0 Å². The Morgan fingerprint density at radius 1 is 0.976 bits per heavy atom. The highest BCUT2D eigenvalue weighted by atomic mass is 19.4. The molecular formula is C30H26F7NO3. The first kappa shape index (κ1) is 30.1. The second-order valence-electron chi connectivity index (χ2n) is 9.84. The fourth-order valence-electron chi connectivity index (χ4n) is 4.80. The van der Waals surface area contributed by atoms with E-state index < -0.39 is 52.8 Å². The molecule has 1 aliphatic rings. The Bertz CT molecular complexity index is 1400. The summed E-state index contributed by atoms with van der Waals surface area (Å²) in [7, 11) is 0. The number of anilines is 1. The van der Waals surface area contributed by atoms with E-state index in [1.54, 1.807) is 37.3 Å². The van der Waals surface area contributed by atoms with Crippen molar-refractivity contribution >= 4 is 11.6 Å². The number of hydrogen-bond acceptors (Lipinski definition) is 3. The van der Waals surface area contributed by atoms with Crippen molar-refractivity contribution in [3.05, 3.63) is 107 Å². The number of aliphatic hydroxyl groups is 1. The third kappa shape index (κ3) is 6.09.